The van der Waals surface area contributed by atoms with E-state index < -0.39 is 0 Å². The van der Waals surface area contributed by atoms with Crippen molar-refractivity contribution in [2.45, 2.75) is 20.3 Å². The number of pyridine rings is 1. The molecule has 0 fully saturated rings. The van der Waals surface area contributed by atoms with Gasteiger partial charge in [0, 0.05) is 26.6 Å². The number of rotatable bonds is 6. The normalized spacial score (nSPS) is 9.84. The Hall–Kier alpha value is -2.11. The quantitative estimate of drug-likeness (QED) is 0.841. The monoisotopic (exact) mass is 265 g/mol. The van der Waals surface area contributed by atoms with Crippen LogP contribution in [0, 0.1) is 0 Å². The minimum absolute atomic E-state index is 0.0387. The molecule has 104 valence electrons. The topological polar surface area (TPSA) is 71.5 Å². The maximum atomic E-state index is 11.6. The highest BCUT2D eigenvalue weighted by Gasteiger charge is 2.08. The average molecular weight is 265 g/mol. The highest BCUT2D eigenvalue weighted by atomic mass is 16.5. The summed E-state index contributed by atoms with van der Waals surface area (Å²) in [5.74, 6) is 0.105. The van der Waals surface area contributed by atoms with E-state index in [0.29, 0.717) is 18.1 Å². The first-order chi connectivity index (χ1) is 9.02. The molecule has 0 aliphatic rings. The molecule has 0 bridgehead atoms. The van der Waals surface area contributed by atoms with Gasteiger partial charge in [0.15, 0.2) is 6.61 Å². The van der Waals surface area contributed by atoms with Crippen molar-refractivity contribution in [1.29, 1.82) is 0 Å². The number of carbonyl (C=O) groups excluding carboxylic acids is 2. The van der Waals surface area contributed by atoms with Crippen molar-refractivity contribution in [3.8, 4) is 5.88 Å². The van der Waals surface area contributed by atoms with Crippen LogP contribution in [-0.4, -0.2) is 41.9 Å². The molecule has 0 radical (unpaired) electrons. The molecule has 1 aromatic heterocycles. The Bertz CT molecular complexity index is 431. The molecular formula is C13H19N3O3. The van der Waals surface area contributed by atoms with E-state index in [0.717, 1.165) is 6.42 Å². The van der Waals surface area contributed by atoms with Crippen LogP contribution in [0.3, 0.4) is 0 Å². The number of amides is 2. The number of hydrogen-bond acceptors (Lipinski definition) is 4. The van der Waals surface area contributed by atoms with E-state index in [1.165, 1.54) is 13.1 Å². The third-order valence-electron chi connectivity index (χ3n) is 2.39. The van der Waals surface area contributed by atoms with Crippen LogP contribution in [0.1, 0.15) is 20.3 Å². The van der Waals surface area contributed by atoms with Crippen LogP contribution in [0.25, 0.3) is 0 Å². The summed E-state index contributed by atoms with van der Waals surface area (Å²) in [6, 6.07) is 3.28. The van der Waals surface area contributed by atoms with Crippen molar-refractivity contribution in [3.63, 3.8) is 0 Å². The molecule has 1 aromatic rings. The predicted octanol–water partition coefficient (Wildman–Crippen LogP) is 1.29. The summed E-state index contributed by atoms with van der Waals surface area (Å²) in [5.41, 5.74) is 0.592. The van der Waals surface area contributed by atoms with Gasteiger partial charge in [-0.1, -0.05) is 6.92 Å². The molecule has 1 rings (SSSR count). The Kier molecular flexibility index (Phi) is 5.78. The minimum atomic E-state index is -0.160. The van der Waals surface area contributed by atoms with Gasteiger partial charge in [0.1, 0.15) is 0 Å². The largest absolute Gasteiger partial charge is 0.468 e. The lowest BCUT2D eigenvalue weighted by Crippen LogP contribution is -2.32. The van der Waals surface area contributed by atoms with Gasteiger partial charge < -0.3 is 15.0 Å². The molecule has 1 heterocycles. The number of ether oxygens (including phenoxy) is 1. The molecule has 0 spiro atoms. The van der Waals surface area contributed by atoms with E-state index in [9.17, 15) is 9.59 Å². The van der Waals surface area contributed by atoms with Gasteiger partial charge in [0.25, 0.3) is 5.91 Å². The van der Waals surface area contributed by atoms with E-state index in [1.807, 2.05) is 6.92 Å². The van der Waals surface area contributed by atoms with Crippen LogP contribution < -0.4 is 10.1 Å². The van der Waals surface area contributed by atoms with Crippen molar-refractivity contribution in [1.82, 2.24) is 9.88 Å². The molecule has 0 saturated heterocycles. The Morgan fingerprint density at radius 1 is 1.42 bits per heavy atom. The molecule has 19 heavy (non-hydrogen) atoms. The number of nitrogens with one attached hydrogen (secondary N) is 1. The van der Waals surface area contributed by atoms with Gasteiger partial charge in [0.2, 0.25) is 11.8 Å². The SMILES string of the molecule is CCCN(C)C(=O)COc1ccc(NC(C)=O)cn1. The molecule has 0 aliphatic heterocycles. The first-order valence-electron chi connectivity index (χ1n) is 6.13. The summed E-state index contributed by atoms with van der Waals surface area (Å²) >= 11 is 0. The van der Waals surface area contributed by atoms with Crippen LogP contribution in [0.2, 0.25) is 0 Å². The minimum Gasteiger partial charge on any atom is -0.468 e. The number of hydrogen-bond donors (Lipinski definition) is 1. The number of aromatic nitrogens is 1. The van der Waals surface area contributed by atoms with Gasteiger partial charge in [-0.2, -0.15) is 0 Å². The number of carbonyl (C=O) groups is 2. The van der Waals surface area contributed by atoms with Gasteiger partial charge >= 0.3 is 0 Å². The fourth-order valence-corrected chi connectivity index (χ4v) is 1.45. The van der Waals surface area contributed by atoms with E-state index in [-0.39, 0.29) is 18.4 Å². The van der Waals surface area contributed by atoms with Gasteiger partial charge in [0.05, 0.1) is 11.9 Å². The van der Waals surface area contributed by atoms with Crippen molar-refractivity contribution >= 4 is 17.5 Å². The fourth-order valence-electron chi connectivity index (χ4n) is 1.45. The lowest BCUT2D eigenvalue weighted by Gasteiger charge is -2.16. The molecule has 0 atom stereocenters. The van der Waals surface area contributed by atoms with Gasteiger partial charge in [-0.05, 0) is 12.5 Å². The van der Waals surface area contributed by atoms with Crippen molar-refractivity contribution < 1.29 is 14.3 Å². The summed E-state index contributed by atoms with van der Waals surface area (Å²) in [6.45, 7) is 4.10. The summed E-state index contributed by atoms with van der Waals surface area (Å²) in [6.07, 6.45) is 2.39. The van der Waals surface area contributed by atoms with Crippen LogP contribution >= 0.6 is 0 Å². The van der Waals surface area contributed by atoms with Crippen LogP contribution in [-0.2, 0) is 9.59 Å². The van der Waals surface area contributed by atoms with Crippen molar-refractivity contribution in [2.75, 3.05) is 25.5 Å². The van der Waals surface area contributed by atoms with Crippen molar-refractivity contribution in [3.05, 3.63) is 18.3 Å². The van der Waals surface area contributed by atoms with Crippen LogP contribution in [0.4, 0.5) is 5.69 Å². The number of nitrogens with zero attached hydrogens (tertiary/aromatic N) is 2. The van der Waals surface area contributed by atoms with Gasteiger partial charge in [-0.15, -0.1) is 0 Å². The number of likely N-dealkylation sites (N-methyl/N-ethyl adjacent to an activating group) is 1. The van der Waals surface area contributed by atoms with E-state index in [4.69, 9.17) is 4.74 Å². The highest BCUT2D eigenvalue weighted by molar-refractivity contribution is 5.88. The van der Waals surface area contributed by atoms with Gasteiger partial charge in [-0.25, -0.2) is 4.98 Å². The molecule has 0 aromatic carbocycles. The molecular weight excluding hydrogens is 246 g/mol. The molecule has 6 heteroatoms. The summed E-state index contributed by atoms with van der Waals surface area (Å²) in [7, 11) is 1.74. The Balaban J connectivity index is 2.45. The van der Waals surface area contributed by atoms with Crippen molar-refractivity contribution in [2.24, 2.45) is 0 Å². The molecule has 6 nitrogen and oxygen atoms in total. The Morgan fingerprint density at radius 2 is 2.16 bits per heavy atom. The van der Waals surface area contributed by atoms with E-state index in [1.54, 1.807) is 24.1 Å². The second-order valence-corrected chi connectivity index (χ2v) is 4.17. The number of anilines is 1. The summed E-state index contributed by atoms with van der Waals surface area (Å²) < 4.78 is 5.28. The van der Waals surface area contributed by atoms with E-state index in [2.05, 4.69) is 10.3 Å². The molecule has 2 amide bonds. The lowest BCUT2D eigenvalue weighted by atomic mass is 10.4. The molecule has 0 saturated carbocycles. The summed E-state index contributed by atoms with van der Waals surface area (Å²) in [5, 5.41) is 2.60. The highest BCUT2D eigenvalue weighted by Crippen LogP contribution is 2.11. The second kappa shape index (κ2) is 7.35. The zero-order valence-corrected chi connectivity index (χ0v) is 11.5. The van der Waals surface area contributed by atoms with Crippen LogP contribution in [0.5, 0.6) is 5.88 Å². The fraction of sp³-hybridized carbons (Fsp3) is 0.462. The summed E-state index contributed by atoms with van der Waals surface area (Å²) in [4.78, 5) is 28.1. The molecule has 0 unspecified atom stereocenters. The lowest BCUT2D eigenvalue weighted by molar-refractivity contribution is -0.132. The standard InChI is InChI=1S/C13H19N3O3/c1-4-7-16(3)13(18)9-19-12-6-5-11(8-14-12)15-10(2)17/h5-6,8H,4,7,9H2,1-3H3,(H,15,17). The maximum Gasteiger partial charge on any atom is 0.260 e. The third-order valence-corrected chi connectivity index (χ3v) is 2.39. The zero-order chi connectivity index (χ0) is 14.3. The second-order valence-electron chi connectivity index (χ2n) is 4.17. The zero-order valence-electron chi connectivity index (χ0n) is 11.5. The van der Waals surface area contributed by atoms with E-state index >= 15 is 0 Å². The van der Waals surface area contributed by atoms with Crippen LogP contribution in [0.15, 0.2) is 18.3 Å². The Labute approximate surface area is 112 Å². The Morgan fingerprint density at radius 3 is 2.68 bits per heavy atom. The van der Waals surface area contributed by atoms with Gasteiger partial charge in [-0.3, -0.25) is 9.59 Å². The maximum absolute atomic E-state index is 11.6. The smallest absolute Gasteiger partial charge is 0.260 e. The predicted molar refractivity (Wildman–Crippen MR) is 72.0 cm³/mol. The average Bonchev–Trinajstić information content (AvgIpc) is 2.37. The first kappa shape index (κ1) is 14.9. The third kappa shape index (κ3) is 5.37. The molecule has 0 aliphatic carbocycles. The first-order valence-corrected chi connectivity index (χ1v) is 6.13. The molecule has 1 N–H and O–H groups in total.